The maximum absolute atomic E-state index is 11.7. The zero-order valence-corrected chi connectivity index (χ0v) is 13.0. The minimum atomic E-state index is 0.0298. The SMILES string of the molecule is CN(C)C(=O)CO[C@@H]1CN(C2CCC2)Cc2cccn2C1. The molecule has 0 N–H and O–H groups in total. The smallest absolute Gasteiger partial charge is 0.248 e. The van der Waals surface area contributed by atoms with Gasteiger partial charge in [-0.15, -0.1) is 0 Å². The lowest BCUT2D eigenvalue weighted by molar-refractivity contribution is -0.136. The van der Waals surface area contributed by atoms with Crippen molar-refractivity contribution >= 4 is 5.91 Å². The maximum Gasteiger partial charge on any atom is 0.248 e. The van der Waals surface area contributed by atoms with E-state index in [0.717, 1.165) is 19.6 Å². The lowest BCUT2D eigenvalue weighted by Gasteiger charge is -2.37. The van der Waals surface area contributed by atoms with Gasteiger partial charge in [-0.1, -0.05) is 6.42 Å². The van der Waals surface area contributed by atoms with Gasteiger partial charge in [0.25, 0.3) is 0 Å². The van der Waals surface area contributed by atoms with Crippen molar-refractivity contribution in [3.63, 3.8) is 0 Å². The summed E-state index contributed by atoms with van der Waals surface area (Å²) in [6.07, 6.45) is 6.13. The molecular weight excluding hydrogens is 266 g/mol. The van der Waals surface area contributed by atoms with Crippen LogP contribution in [0.15, 0.2) is 18.3 Å². The van der Waals surface area contributed by atoms with Gasteiger partial charge in [0.05, 0.1) is 6.10 Å². The Morgan fingerprint density at radius 2 is 2.19 bits per heavy atom. The van der Waals surface area contributed by atoms with Crippen molar-refractivity contribution in [2.75, 3.05) is 27.2 Å². The number of likely N-dealkylation sites (N-methyl/N-ethyl adjacent to an activating group) is 1. The average Bonchev–Trinajstić information content (AvgIpc) is 2.73. The summed E-state index contributed by atoms with van der Waals surface area (Å²) < 4.78 is 8.17. The minimum absolute atomic E-state index is 0.0298. The van der Waals surface area contributed by atoms with Gasteiger partial charge >= 0.3 is 0 Å². The van der Waals surface area contributed by atoms with Crippen LogP contribution in [0, 0.1) is 0 Å². The van der Waals surface area contributed by atoms with Gasteiger partial charge in [-0.3, -0.25) is 9.69 Å². The van der Waals surface area contributed by atoms with Crippen LogP contribution >= 0.6 is 0 Å². The molecule has 1 aliphatic carbocycles. The molecule has 5 nitrogen and oxygen atoms in total. The first kappa shape index (κ1) is 14.6. The Morgan fingerprint density at radius 3 is 2.86 bits per heavy atom. The third kappa shape index (κ3) is 3.30. The number of amides is 1. The van der Waals surface area contributed by atoms with Gasteiger partial charge in [0, 0.05) is 51.7 Å². The predicted molar refractivity (Wildman–Crippen MR) is 80.9 cm³/mol. The minimum Gasteiger partial charge on any atom is -0.365 e. The second-order valence-electron chi connectivity index (χ2n) is 6.39. The Bertz CT molecular complexity index is 493. The topological polar surface area (TPSA) is 37.7 Å². The molecule has 1 atom stereocenters. The number of aromatic nitrogens is 1. The molecule has 0 aromatic carbocycles. The highest BCUT2D eigenvalue weighted by atomic mass is 16.5. The Balaban J connectivity index is 1.66. The van der Waals surface area contributed by atoms with Crippen molar-refractivity contribution in [2.24, 2.45) is 0 Å². The van der Waals surface area contributed by atoms with Crippen molar-refractivity contribution in [1.82, 2.24) is 14.4 Å². The van der Waals surface area contributed by atoms with E-state index in [0.29, 0.717) is 6.04 Å². The van der Waals surface area contributed by atoms with E-state index in [4.69, 9.17) is 4.74 Å². The van der Waals surface area contributed by atoms with Gasteiger partial charge in [-0.2, -0.15) is 0 Å². The summed E-state index contributed by atoms with van der Waals surface area (Å²) in [6, 6.07) is 4.99. The van der Waals surface area contributed by atoms with Gasteiger partial charge in [0.1, 0.15) is 6.61 Å². The third-order valence-electron chi connectivity index (χ3n) is 4.66. The predicted octanol–water partition coefficient (Wildman–Crippen LogP) is 1.33. The molecule has 21 heavy (non-hydrogen) atoms. The number of carbonyl (C=O) groups is 1. The lowest BCUT2D eigenvalue weighted by Crippen LogP contribution is -2.44. The molecule has 1 saturated carbocycles. The van der Waals surface area contributed by atoms with Gasteiger partial charge < -0.3 is 14.2 Å². The van der Waals surface area contributed by atoms with Crippen LogP contribution in [0.1, 0.15) is 25.0 Å². The second kappa shape index (κ2) is 6.20. The molecular formula is C16H25N3O2. The van der Waals surface area contributed by atoms with Crippen LogP contribution < -0.4 is 0 Å². The number of nitrogens with zero attached hydrogens (tertiary/aromatic N) is 3. The second-order valence-corrected chi connectivity index (χ2v) is 6.39. The highest BCUT2D eigenvalue weighted by molar-refractivity contribution is 5.76. The third-order valence-corrected chi connectivity index (χ3v) is 4.66. The number of carbonyl (C=O) groups excluding carboxylic acids is 1. The van der Waals surface area contributed by atoms with E-state index < -0.39 is 0 Å². The maximum atomic E-state index is 11.7. The number of hydrogen-bond acceptors (Lipinski definition) is 3. The summed E-state index contributed by atoms with van der Waals surface area (Å²) in [5.74, 6) is 0.0298. The van der Waals surface area contributed by atoms with Crippen LogP contribution in [0.5, 0.6) is 0 Å². The molecule has 1 amide bonds. The first-order chi connectivity index (χ1) is 10.1. The fourth-order valence-corrected chi connectivity index (χ4v) is 3.04. The fourth-order valence-electron chi connectivity index (χ4n) is 3.04. The van der Waals surface area contributed by atoms with Crippen LogP contribution in [-0.2, 0) is 22.6 Å². The molecule has 3 rings (SSSR count). The Kier molecular flexibility index (Phi) is 4.31. The number of rotatable bonds is 4. The monoisotopic (exact) mass is 291 g/mol. The standard InChI is InChI=1S/C16H25N3O2/c1-17(2)16(20)12-21-15-10-18-8-4-7-14(18)9-19(11-15)13-5-3-6-13/h4,7-8,13,15H,3,5-6,9-12H2,1-2H3/t15-/m0/s1. The van der Waals surface area contributed by atoms with Crippen LogP contribution in [0.25, 0.3) is 0 Å². The molecule has 0 saturated heterocycles. The van der Waals surface area contributed by atoms with E-state index in [1.54, 1.807) is 19.0 Å². The van der Waals surface area contributed by atoms with Crippen molar-refractivity contribution < 1.29 is 9.53 Å². The molecule has 0 radical (unpaired) electrons. The molecule has 1 aromatic rings. The van der Waals surface area contributed by atoms with Gasteiger partial charge in [0.15, 0.2) is 0 Å². The number of fused-ring (bicyclic) bond motifs is 1. The highest BCUT2D eigenvalue weighted by Gasteiger charge is 2.30. The molecule has 0 bridgehead atoms. The highest BCUT2D eigenvalue weighted by Crippen LogP contribution is 2.28. The molecule has 0 spiro atoms. The lowest BCUT2D eigenvalue weighted by atomic mass is 9.91. The van der Waals surface area contributed by atoms with Gasteiger partial charge in [0.2, 0.25) is 5.91 Å². The first-order valence-electron chi connectivity index (χ1n) is 7.83. The van der Waals surface area contributed by atoms with E-state index in [2.05, 4.69) is 27.8 Å². The molecule has 1 fully saturated rings. The molecule has 1 aromatic heterocycles. The summed E-state index contributed by atoms with van der Waals surface area (Å²) in [6.45, 7) is 2.94. The van der Waals surface area contributed by atoms with Gasteiger partial charge in [-0.25, -0.2) is 0 Å². The van der Waals surface area contributed by atoms with Crippen molar-refractivity contribution in [2.45, 2.75) is 44.5 Å². The number of ether oxygens (including phenoxy) is 1. The zero-order valence-electron chi connectivity index (χ0n) is 13.0. The normalized spacial score (nSPS) is 23.2. The van der Waals surface area contributed by atoms with E-state index in [1.165, 1.54) is 25.0 Å². The fraction of sp³-hybridized carbons (Fsp3) is 0.688. The Morgan fingerprint density at radius 1 is 1.38 bits per heavy atom. The van der Waals surface area contributed by atoms with Crippen molar-refractivity contribution in [1.29, 1.82) is 0 Å². The van der Waals surface area contributed by atoms with E-state index in [-0.39, 0.29) is 18.6 Å². The summed E-state index contributed by atoms with van der Waals surface area (Å²) in [4.78, 5) is 15.8. The zero-order chi connectivity index (χ0) is 14.8. The van der Waals surface area contributed by atoms with Gasteiger partial charge in [-0.05, 0) is 25.0 Å². The van der Waals surface area contributed by atoms with Crippen LogP contribution in [0.3, 0.4) is 0 Å². The summed E-state index contributed by atoms with van der Waals surface area (Å²) >= 11 is 0. The summed E-state index contributed by atoms with van der Waals surface area (Å²) in [7, 11) is 3.53. The molecule has 116 valence electrons. The van der Waals surface area contributed by atoms with Crippen molar-refractivity contribution in [3.8, 4) is 0 Å². The molecule has 2 heterocycles. The molecule has 2 aliphatic rings. The molecule has 5 heteroatoms. The van der Waals surface area contributed by atoms with Crippen molar-refractivity contribution in [3.05, 3.63) is 24.0 Å². The summed E-state index contributed by atoms with van der Waals surface area (Å²) in [5.41, 5.74) is 1.35. The van der Waals surface area contributed by atoms with E-state index in [9.17, 15) is 4.79 Å². The number of hydrogen-bond donors (Lipinski definition) is 0. The average molecular weight is 291 g/mol. The first-order valence-corrected chi connectivity index (χ1v) is 7.83. The molecule has 1 aliphatic heterocycles. The van der Waals surface area contributed by atoms with Crippen LogP contribution in [0.2, 0.25) is 0 Å². The Labute approximate surface area is 126 Å². The quantitative estimate of drug-likeness (QED) is 0.840. The van der Waals surface area contributed by atoms with E-state index >= 15 is 0 Å². The largest absolute Gasteiger partial charge is 0.365 e. The molecule has 0 unspecified atom stereocenters. The Hall–Kier alpha value is -1.33. The summed E-state index contributed by atoms with van der Waals surface area (Å²) in [5, 5.41) is 0. The van der Waals surface area contributed by atoms with E-state index in [1.807, 2.05) is 0 Å². The van der Waals surface area contributed by atoms with Crippen LogP contribution in [-0.4, -0.2) is 59.7 Å². The van der Waals surface area contributed by atoms with Crippen LogP contribution in [0.4, 0.5) is 0 Å².